The summed E-state index contributed by atoms with van der Waals surface area (Å²) in [5.74, 6) is 0.677. The van der Waals surface area contributed by atoms with Gasteiger partial charge < -0.3 is 10.6 Å². The Kier molecular flexibility index (Phi) is 4.06. The van der Waals surface area contributed by atoms with E-state index in [0.29, 0.717) is 12.0 Å². The molecule has 2 nitrogen and oxygen atoms in total. The van der Waals surface area contributed by atoms with E-state index in [-0.39, 0.29) is 0 Å². The van der Waals surface area contributed by atoms with E-state index in [1.165, 1.54) is 30.5 Å². The van der Waals surface area contributed by atoms with E-state index in [1.54, 1.807) is 0 Å². The lowest BCUT2D eigenvalue weighted by molar-refractivity contribution is 0.407. The van der Waals surface area contributed by atoms with Crippen LogP contribution in [0.25, 0.3) is 0 Å². The second kappa shape index (κ2) is 5.54. The van der Waals surface area contributed by atoms with Crippen molar-refractivity contribution in [3.63, 3.8) is 0 Å². The molecule has 0 saturated carbocycles. The Bertz CT molecular complexity index is 362. The van der Waals surface area contributed by atoms with E-state index in [2.05, 4.69) is 43.0 Å². The SMILES string of the molecule is CCCC(C)C(CN)N1CCc2ccccc21. The number of hydrogen-bond donors (Lipinski definition) is 1. The molecule has 0 spiro atoms. The van der Waals surface area contributed by atoms with Gasteiger partial charge in [-0.05, 0) is 30.4 Å². The van der Waals surface area contributed by atoms with E-state index in [0.717, 1.165) is 13.1 Å². The van der Waals surface area contributed by atoms with Crippen molar-refractivity contribution in [3.8, 4) is 0 Å². The van der Waals surface area contributed by atoms with Gasteiger partial charge in [-0.3, -0.25) is 0 Å². The van der Waals surface area contributed by atoms with Gasteiger partial charge in [0.25, 0.3) is 0 Å². The fourth-order valence-corrected chi connectivity index (χ4v) is 3.02. The van der Waals surface area contributed by atoms with Crippen molar-refractivity contribution in [2.75, 3.05) is 18.0 Å². The summed E-state index contributed by atoms with van der Waals surface area (Å²) in [7, 11) is 0. The van der Waals surface area contributed by atoms with Crippen LogP contribution in [0, 0.1) is 5.92 Å². The van der Waals surface area contributed by atoms with E-state index >= 15 is 0 Å². The lowest BCUT2D eigenvalue weighted by atomic mass is 9.95. The molecule has 0 amide bonds. The van der Waals surface area contributed by atoms with Crippen LogP contribution in [0.5, 0.6) is 0 Å². The van der Waals surface area contributed by atoms with Crippen molar-refractivity contribution >= 4 is 5.69 Å². The molecule has 1 aromatic carbocycles. The lowest BCUT2D eigenvalue weighted by Crippen LogP contribution is -2.44. The van der Waals surface area contributed by atoms with Gasteiger partial charge in [0.15, 0.2) is 0 Å². The largest absolute Gasteiger partial charge is 0.366 e. The minimum Gasteiger partial charge on any atom is -0.366 e. The van der Waals surface area contributed by atoms with Crippen LogP contribution in [0.4, 0.5) is 5.69 Å². The molecule has 1 aromatic rings. The minimum absolute atomic E-state index is 0.499. The predicted molar refractivity (Wildman–Crippen MR) is 74.4 cm³/mol. The summed E-state index contributed by atoms with van der Waals surface area (Å²) in [5.41, 5.74) is 8.89. The Hall–Kier alpha value is -1.02. The van der Waals surface area contributed by atoms with Gasteiger partial charge in [-0.1, -0.05) is 38.5 Å². The number of fused-ring (bicyclic) bond motifs is 1. The number of hydrogen-bond acceptors (Lipinski definition) is 2. The second-order valence-electron chi connectivity index (χ2n) is 5.14. The Morgan fingerprint density at radius 3 is 2.82 bits per heavy atom. The number of nitrogens with zero attached hydrogens (tertiary/aromatic N) is 1. The molecule has 17 heavy (non-hydrogen) atoms. The van der Waals surface area contributed by atoms with Gasteiger partial charge in [-0.15, -0.1) is 0 Å². The van der Waals surface area contributed by atoms with Crippen LogP contribution in [0.3, 0.4) is 0 Å². The van der Waals surface area contributed by atoms with Crippen molar-refractivity contribution in [1.29, 1.82) is 0 Å². The standard InChI is InChI=1S/C15H24N2/c1-3-6-12(2)15(11-16)17-10-9-13-7-4-5-8-14(13)17/h4-5,7-8,12,15H,3,6,9-11,16H2,1-2H3. The molecule has 2 rings (SSSR count). The Morgan fingerprint density at radius 2 is 2.12 bits per heavy atom. The molecule has 1 aliphatic heterocycles. The molecule has 0 bridgehead atoms. The van der Waals surface area contributed by atoms with E-state index in [4.69, 9.17) is 5.73 Å². The molecular weight excluding hydrogens is 208 g/mol. The molecule has 0 radical (unpaired) electrons. The number of benzene rings is 1. The van der Waals surface area contributed by atoms with E-state index in [9.17, 15) is 0 Å². The predicted octanol–water partition coefficient (Wildman–Crippen LogP) is 2.81. The normalized spacial score (nSPS) is 17.9. The summed E-state index contributed by atoms with van der Waals surface area (Å²) in [6.07, 6.45) is 3.68. The molecule has 1 aliphatic rings. The highest BCUT2D eigenvalue weighted by atomic mass is 15.2. The van der Waals surface area contributed by atoms with E-state index in [1.807, 2.05) is 0 Å². The number of rotatable bonds is 5. The Balaban J connectivity index is 2.17. The van der Waals surface area contributed by atoms with Gasteiger partial charge in [0, 0.05) is 24.8 Å². The van der Waals surface area contributed by atoms with Gasteiger partial charge in [-0.25, -0.2) is 0 Å². The molecule has 2 atom stereocenters. The first-order chi connectivity index (χ1) is 8.27. The first kappa shape index (κ1) is 12.4. The van der Waals surface area contributed by atoms with Crippen LogP contribution in [0.1, 0.15) is 32.3 Å². The Labute approximate surface area is 105 Å². The highest BCUT2D eigenvalue weighted by molar-refractivity contribution is 5.58. The third kappa shape index (κ3) is 2.47. The van der Waals surface area contributed by atoms with Gasteiger partial charge in [0.2, 0.25) is 0 Å². The van der Waals surface area contributed by atoms with Crippen molar-refractivity contribution in [1.82, 2.24) is 0 Å². The van der Waals surface area contributed by atoms with Crippen molar-refractivity contribution in [2.45, 2.75) is 39.2 Å². The zero-order valence-electron chi connectivity index (χ0n) is 11.0. The van der Waals surface area contributed by atoms with Crippen LogP contribution in [0.15, 0.2) is 24.3 Å². The summed E-state index contributed by atoms with van der Waals surface area (Å²) in [4.78, 5) is 2.52. The van der Waals surface area contributed by atoms with Gasteiger partial charge in [-0.2, -0.15) is 0 Å². The average molecular weight is 232 g/mol. The summed E-state index contributed by atoms with van der Waals surface area (Å²) < 4.78 is 0. The second-order valence-corrected chi connectivity index (χ2v) is 5.14. The molecular formula is C15H24N2. The maximum absolute atomic E-state index is 6.00. The van der Waals surface area contributed by atoms with Crippen molar-refractivity contribution in [2.24, 2.45) is 11.7 Å². The highest BCUT2D eigenvalue weighted by Gasteiger charge is 2.27. The Morgan fingerprint density at radius 1 is 1.35 bits per heavy atom. The van der Waals surface area contributed by atoms with Crippen LogP contribution in [-0.4, -0.2) is 19.1 Å². The fourth-order valence-electron chi connectivity index (χ4n) is 3.02. The summed E-state index contributed by atoms with van der Waals surface area (Å²) >= 11 is 0. The fraction of sp³-hybridized carbons (Fsp3) is 0.600. The third-order valence-corrected chi connectivity index (χ3v) is 3.97. The zero-order valence-corrected chi connectivity index (χ0v) is 11.0. The topological polar surface area (TPSA) is 29.3 Å². The molecule has 0 saturated heterocycles. The maximum atomic E-state index is 6.00. The number of anilines is 1. The average Bonchev–Trinajstić information content (AvgIpc) is 2.75. The highest BCUT2D eigenvalue weighted by Crippen LogP contribution is 2.31. The first-order valence-electron chi connectivity index (χ1n) is 6.82. The molecule has 2 heteroatoms. The molecule has 0 aliphatic carbocycles. The monoisotopic (exact) mass is 232 g/mol. The van der Waals surface area contributed by atoms with Crippen molar-refractivity contribution < 1.29 is 0 Å². The minimum atomic E-state index is 0.499. The molecule has 1 heterocycles. The summed E-state index contributed by atoms with van der Waals surface area (Å²) in [6.45, 7) is 6.48. The van der Waals surface area contributed by atoms with Gasteiger partial charge in [0.1, 0.15) is 0 Å². The smallest absolute Gasteiger partial charge is 0.0438 e. The third-order valence-electron chi connectivity index (χ3n) is 3.97. The molecule has 0 fully saturated rings. The lowest BCUT2D eigenvalue weighted by Gasteiger charge is -2.34. The van der Waals surface area contributed by atoms with Crippen LogP contribution >= 0.6 is 0 Å². The molecule has 2 N–H and O–H groups in total. The van der Waals surface area contributed by atoms with Crippen LogP contribution < -0.4 is 10.6 Å². The molecule has 94 valence electrons. The quantitative estimate of drug-likeness (QED) is 0.846. The molecule has 2 unspecified atom stereocenters. The van der Waals surface area contributed by atoms with Crippen molar-refractivity contribution in [3.05, 3.63) is 29.8 Å². The van der Waals surface area contributed by atoms with Gasteiger partial charge >= 0.3 is 0 Å². The van der Waals surface area contributed by atoms with Crippen LogP contribution in [-0.2, 0) is 6.42 Å². The first-order valence-corrected chi connectivity index (χ1v) is 6.82. The zero-order chi connectivity index (χ0) is 12.3. The summed E-state index contributed by atoms with van der Waals surface area (Å²) in [6, 6.07) is 9.25. The summed E-state index contributed by atoms with van der Waals surface area (Å²) in [5, 5.41) is 0. The molecule has 0 aromatic heterocycles. The van der Waals surface area contributed by atoms with E-state index < -0.39 is 0 Å². The maximum Gasteiger partial charge on any atom is 0.0438 e. The number of para-hydroxylation sites is 1. The van der Waals surface area contributed by atoms with Crippen LogP contribution in [0.2, 0.25) is 0 Å². The number of nitrogens with two attached hydrogens (primary N) is 1. The van der Waals surface area contributed by atoms with Gasteiger partial charge in [0.05, 0.1) is 0 Å².